The molecule has 2 N–H and O–H groups in total. The average molecular weight is 220 g/mol. The SMILES string of the molecule is Cc1nc(-c2ccc(F)cc2F)ccc1N. The van der Waals surface area contributed by atoms with E-state index in [-0.39, 0.29) is 5.56 Å². The second kappa shape index (κ2) is 3.89. The average Bonchev–Trinajstić information content (AvgIpc) is 2.22. The molecule has 0 amide bonds. The van der Waals surface area contributed by atoms with E-state index in [4.69, 9.17) is 5.73 Å². The molecule has 0 radical (unpaired) electrons. The minimum absolute atomic E-state index is 0.268. The summed E-state index contributed by atoms with van der Waals surface area (Å²) in [5, 5.41) is 0. The molecule has 0 atom stereocenters. The summed E-state index contributed by atoms with van der Waals surface area (Å²) in [4.78, 5) is 4.15. The number of nitrogens with two attached hydrogens (primary N) is 1. The fraction of sp³-hybridized carbons (Fsp3) is 0.0833. The maximum atomic E-state index is 13.5. The van der Waals surface area contributed by atoms with Crippen molar-refractivity contribution in [3.05, 3.63) is 47.7 Å². The molecule has 1 aromatic carbocycles. The molecule has 1 aromatic heterocycles. The number of nitrogen functional groups attached to an aromatic ring is 1. The van der Waals surface area contributed by atoms with Gasteiger partial charge in [0.05, 0.1) is 17.1 Å². The Balaban J connectivity index is 2.54. The summed E-state index contributed by atoms with van der Waals surface area (Å²) in [5.41, 5.74) is 7.50. The van der Waals surface area contributed by atoms with Crippen molar-refractivity contribution < 1.29 is 8.78 Å². The van der Waals surface area contributed by atoms with Gasteiger partial charge in [0.2, 0.25) is 0 Å². The van der Waals surface area contributed by atoms with E-state index in [0.29, 0.717) is 17.1 Å². The largest absolute Gasteiger partial charge is 0.397 e. The zero-order valence-electron chi connectivity index (χ0n) is 8.67. The van der Waals surface area contributed by atoms with E-state index in [9.17, 15) is 8.78 Å². The van der Waals surface area contributed by atoms with Crippen molar-refractivity contribution >= 4 is 5.69 Å². The summed E-state index contributed by atoms with van der Waals surface area (Å²) in [6.45, 7) is 1.74. The first kappa shape index (κ1) is 10.5. The lowest BCUT2D eigenvalue weighted by atomic mass is 10.1. The Hall–Kier alpha value is -1.97. The highest BCUT2D eigenvalue weighted by molar-refractivity contribution is 5.62. The van der Waals surface area contributed by atoms with Gasteiger partial charge in [-0.05, 0) is 31.2 Å². The van der Waals surface area contributed by atoms with Gasteiger partial charge in [0.25, 0.3) is 0 Å². The number of aromatic nitrogens is 1. The van der Waals surface area contributed by atoms with Gasteiger partial charge in [0.15, 0.2) is 0 Å². The van der Waals surface area contributed by atoms with Crippen molar-refractivity contribution in [3.63, 3.8) is 0 Å². The molecule has 0 unspecified atom stereocenters. The standard InChI is InChI=1S/C12H10F2N2/c1-7-11(15)4-5-12(16-7)9-3-2-8(13)6-10(9)14/h2-6H,15H2,1H3. The van der Waals surface area contributed by atoms with Crippen LogP contribution >= 0.6 is 0 Å². The molecule has 2 nitrogen and oxygen atoms in total. The topological polar surface area (TPSA) is 38.9 Å². The minimum Gasteiger partial charge on any atom is -0.397 e. The molecule has 0 saturated heterocycles. The molecular formula is C12H10F2N2. The Morgan fingerprint density at radius 1 is 1.12 bits per heavy atom. The zero-order chi connectivity index (χ0) is 11.7. The van der Waals surface area contributed by atoms with Crippen LogP contribution in [0.1, 0.15) is 5.69 Å². The zero-order valence-corrected chi connectivity index (χ0v) is 8.67. The molecular weight excluding hydrogens is 210 g/mol. The summed E-state index contributed by atoms with van der Waals surface area (Å²) in [5.74, 6) is -1.23. The van der Waals surface area contributed by atoms with E-state index in [2.05, 4.69) is 4.98 Å². The maximum Gasteiger partial charge on any atom is 0.135 e. The number of hydrogen-bond donors (Lipinski definition) is 1. The Kier molecular flexibility index (Phi) is 2.56. The van der Waals surface area contributed by atoms with Gasteiger partial charge in [-0.3, -0.25) is 4.98 Å². The number of nitrogens with zero attached hydrogens (tertiary/aromatic N) is 1. The number of halogens is 2. The van der Waals surface area contributed by atoms with Crippen LogP contribution < -0.4 is 5.73 Å². The van der Waals surface area contributed by atoms with Gasteiger partial charge in [-0.2, -0.15) is 0 Å². The predicted molar refractivity (Wildman–Crippen MR) is 58.7 cm³/mol. The van der Waals surface area contributed by atoms with E-state index < -0.39 is 11.6 Å². The van der Waals surface area contributed by atoms with Crippen LogP contribution in [0.3, 0.4) is 0 Å². The molecule has 1 heterocycles. The van der Waals surface area contributed by atoms with Gasteiger partial charge in [-0.25, -0.2) is 8.78 Å². The highest BCUT2D eigenvalue weighted by Crippen LogP contribution is 2.23. The van der Waals surface area contributed by atoms with E-state index >= 15 is 0 Å². The first-order chi connectivity index (χ1) is 7.58. The van der Waals surface area contributed by atoms with E-state index in [1.54, 1.807) is 19.1 Å². The second-order valence-corrected chi connectivity index (χ2v) is 3.50. The van der Waals surface area contributed by atoms with Crippen molar-refractivity contribution in [2.75, 3.05) is 5.73 Å². The van der Waals surface area contributed by atoms with Crippen LogP contribution in [0.25, 0.3) is 11.3 Å². The summed E-state index contributed by atoms with van der Waals surface area (Å²) in [6.07, 6.45) is 0. The van der Waals surface area contributed by atoms with Crippen LogP contribution in [0.2, 0.25) is 0 Å². The van der Waals surface area contributed by atoms with Gasteiger partial charge in [0, 0.05) is 11.6 Å². The van der Waals surface area contributed by atoms with Gasteiger partial charge in [-0.1, -0.05) is 0 Å². The first-order valence-electron chi connectivity index (χ1n) is 4.76. The lowest BCUT2D eigenvalue weighted by molar-refractivity contribution is 0.585. The number of aryl methyl sites for hydroxylation is 1. The molecule has 0 spiro atoms. The molecule has 82 valence electrons. The van der Waals surface area contributed by atoms with Gasteiger partial charge in [0.1, 0.15) is 11.6 Å². The normalized spacial score (nSPS) is 10.4. The molecule has 0 saturated carbocycles. The van der Waals surface area contributed by atoms with Crippen LogP contribution in [0, 0.1) is 18.6 Å². The molecule has 2 rings (SSSR count). The quantitative estimate of drug-likeness (QED) is 0.802. The fourth-order valence-electron chi connectivity index (χ4n) is 1.42. The van der Waals surface area contributed by atoms with Gasteiger partial charge < -0.3 is 5.73 Å². The minimum atomic E-state index is -0.628. The van der Waals surface area contributed by atoms with Crippen molar-refractivity contribution in [2.45, 2.75) is 6.92 Å². The summed E-state index contributed by atoms with van der Waals surface area (Å²) >= 11 is 0. The van der Waals surface area contributed by atoms with Crippen LogP contribution in [0.5, 0.6) is 0 Å². The van der Waals surface area contributed by atoms with Crippen molar-refractivity contribution in [3.8, 4) is 11.3 Å². The smallest absolute Gasteiger partial charge is 0.135 e. The summed E-state index contributed by atoms with van der Waals surface area (Å²) in [7, 11) is 0. The molecule has 0 aliphatic heterocycles. The van der Waals surface area contributed by atoms with Crippen molar-refractivity contribution in [1.82, 2.24) is 4.98 Å². The first-order valence-corrected chi connectivity index (χ1v) is 4.76. The second-order valence-electron chi connectivity index (χ2n) is 3.50. The molecule has 0 fully saturated rings. The third kappa shape index (κ3) is 1.86. The van der Waals surface area contributed by atoms with Gasteiger partial charge in [-0.15, -0.1) is 0 Å². The van der Waals surface area contributed by atoms with Crippen LogP contribution in [-0.2, 0) is 0 Å². The van der Waals surface area contributed by atoms with Crippen molar-refractivity contribution in [2.24, 2.45) is 0 Å². The number of benzene rings is 1. The van der Waals surface area contributed by atoms with Crippen LogP contribution in [0.15, 0.2) is 30.3 Å². The van der Waals surface area contributed by atoms with E-state index in [0.717, 1.165) is 6.07 Å². The van der Waals surface area contributed by atoms with Crippen molar-refractivity contribution in [1.29, 1.82) is 0 Å². The Morgan fingerprint density at radius 2 is 1.88 bits per heavy atom. The number of anilines is 1. The van der Waals surface area contributed by atoms with Gasteiger partial charge >= 0.3 is 0 Å². The molecule has 0 aliphatic rings. The number of pyridine rings is 1. The van der Waals surface area contributed by atoms with E-state index in [1.165, 1.54) is 12.1 Å². The monoisotopic (exact) mass is 220 g/mol. The highest BCUT2D eigenvalue weighted by Gasteiger charge is 2.08. The lowest BCUT2D eigenvalue weighted by Crippen LogP contribution is -1.95. The highest BCUT2D eigenvalue weighted by atomic mass is 19.1. The lowest BCUT2D eigenvalue weighted by Gasteiger charge is -2.05. The fourth-order valence-corrected chi connectivity index (χ4v) is 1.42. The molecule has 2 aromatic rings. The Bertz CT molecular complexity index is 539. The van der Waals surface area contributed by atoms with Crippen LogP contribution in [-0.4, -0.2) is 4.98 Å². The summed E-state index contributed by atoms with van der Waals surface area (Å²) in [6, 6.07) is 6.66. The van der Waals surface area contributed by atoms with E-state index in [1.807, 2.05) is 0 Å². The molecule has 0 aliphatic carbocycles. The predicted octanol–water partition coefficient (Wildman–Crippen LogP) is 2.92. The molecule has 0 bridgehead atoms. The Labute approximate surface area is 91.7 Å². The number of rotatable bonds is 1. The molecule has 4 heteroatoms. The third-order valence-corrected chi connectivity index (χ3v) is 2.33. The number of hydrogen-bond acceptors (Lipinski definition) is 2. The summed E-state index contributed by atoms with van der Waals surface area (Å²) < 4.78 is 26.2. The molecule has 16 heavy (non-hydrogen) atoms. The Morgan fingerprint density at radius 3 is 2.50 bits per heavy atom. The third-order valence-electron chi connectivity index (χ3n) is 2.33. The van der Waals surface area contributed by atoms with Crippen LogP contribution in [0.4, 0.5) is 14.5 Å². The maximum absolute atomic E-state index is 13.5.